The Morgan fingerprint density at radius 1 is 1.19 bits per heavy atom. The predicted molar refractivity (Wildman–Crippen MR) is 68.5 cm³/mol. The number of hydrogen-bond acceptors (Lipinski definition) is 1. The first-order valence-corrected chi connectivity index (χ1v) is 6.12. The second kappa shape index (κ2) is 4.27. The Balaban J connectivity index is 2.47. The lowest BCUT2D eigenvalue weighted by molar-refractivity contribution is 0.590. The summed E-state index contributed by atoms with van der Waals surface area (Å²) in [5.74, 6) is 0.239. The molecule has 86 valence electrons. The van der Waals surface area contributed by atoms with Crippen LogP contribution in [-0.4, -0.2) is 5.84 Å². The third kappa shape index (κ3) is 1.80. The molecule has 3 N–H and O–H groups in total. The minimum absolute atomic E-state index is 0.239. The lowest BCUT2D eigenvalue weighted by Gasteiger charge is -2.28. The van der Waals surface area contributed by atoms with Crippen LogP contribution in [0.3, 0.4) is 0 Å². The van der Waals surface area contributed by atoms with Gasteiger partial charge in [0.25, 0.3) is 0 Å². The molecule has 0 unspecified atom stereocenters. The first-order chi connectivity index (χ1) is 7.56. The average Bonchev–Trinajstić information content (AvgIpc) is 2.72. The highest BCUT2D eigenvalue weighted by Gasteiger charge is 2.38. The molecule has 0 bridgehead atoms. The van der Waals surface area contributed by atoms with Crippen molar-refractivity contribution in [1.82, 2.24) is 0 Å². The number of nitrogens with two attached hydrogens (primary N) is 1. The molecule has 4 heteroatoms. The summed E-state index contributed by atoms with van der Waals surface area (Å²) in [6, 6.07) is 5.56. The highest BCUT2D eigenvalue weighted by atomic mass is 35.5. The van der Waals surface area contributed by atoms with Crippen LogP contribution in [0.25, 0.3) is 0 Å². The smallest absolute Gasteiger partial charge is 0.101 e. The summed E-state index contributed by atoms with van der Waals surface area (Å²) >= 11 is 11.9. The first-order valence-electron chi connectivity index (χ1n) is 5.36. The van der Waals surface area contributed by atoms with E-state index in [0.29, 0.717) is 10.0 Å². The van der Waals surface area contributed by atoms with Gasteiger partial charge in [0.2, 0.25) is 0 Å². The zero-order valence-electron chi connectivity index (χ0n) is 8.89. The Kier molecular flexibility index (Phi) is 3.13. The van der Waals surface area contributed by atoms with Crippen molar-refractivity contribution in [3.8, 4) is 0 Å². The van der Waals surface area contributed by atoms with Crippen molar-refractivity contribution in [1.29, 1.82) is 5.41 Å². The molecule has 16 heavy (non-hydrogen) atoms. The molecular weight excluding hydrogens is 243 g/mol. The Labute approximate surface area is 105 Å². The van der Waals surface area contributed by atoms with Crippen molar-refractivity contribution in [2.24, 2.45) is 5.73 Å². The topological polar surface area (TPSA) is 49.9 Å². The quantitative estimate of drug-likeness (QED) is 0.615. The zero-order valence-corrected chi connectivity index (χ0v) is 10.4. The number of benzene rings is 1. The Hall–Kier alpha value is -0.730. The second-order valence-corrected chi connectivity index (χ2v) is 5.15. The molecule has 0 radical (unpaired) electrons. The van der Waals surface area contributed by atoms with Crippen LogP contribution < -0.4 is 5.73 Å². The molecule has 1 aromatic rings. The molecule has 0 saturated heterocycles. The number of nitrogens with one attached hydrogen (secondary N) is 1. The molecule has 0 heterocycles. The van der Waals surface area contributed by atoms with E-state index in [-0.39, 0.29) is 11.3 Å². The number of amidine groups is 1. The van der Waals surface area contributed by atoms with E-state index in [0.717, 1.165) is 31.2 Å². The summed E-state index contributed by atoms with van der Waals surface area (Å²) in [7, 11) is 0. The number of halogens is 2. The second-order valence-electron chi connectivity index (χ2n) is 4.33. The fraction of sp³-hybridized carbons (Fsp3) is 0.417. The van der Waals surface area contributed by atoms with Crippen molar-refractivity contribution in [2.75, 3.05) is 0 Å². The normalized spacial score (nSPS) is 18.6. The van der Waals surface area contributed by atoms with Crippen LogP contribution in [0.4, 0.5) is 0 Å². The highest BCUT2D eigenvalue weighted by molar-refractivity contribution is 6.42. The third-order valence-corrected chi connectivity index (χ3v) is 4.18. The van der Waals surface area contributed by atoms with Crippen molar-refractivity contribution < 1.29 is 0 Å². The maximum absolute atomic E-state index is 7.80. The van der Waals surface area contributed by atoms with Gasteiger partial charge in [-0.15, -0.1) is 0 Å². The van der Waals surface area contributed by atoms with Gasteiger partial charge in [0.15, 0.2) is 0 Å². The summed E-state index contributed by atoms with van der Waals surface area (Å²) in [5.41, 5.74) is 6.47. The minimum Gasteiger partial charge on any atom is -0.387 e. The van der Waals surface area contributed by atoms with E-state index in [1.165, 1.54) is 0 Å². The maximum Gasteiger partial charge on any atom is 0.101 e. The van der Waals surface area contributed by atoms with Crippen LogP contribution in [0.1, 0.15) is 31.2 Å². The van der Waals surface area contributed by atoms with E-state index in [2.05, 4.69) is 0 Å². The lowest BCUT2D eigenvalue weighted by atomic mass is 9.78. The fourth-order valence-corrected chi connectivity index (χ4v) is 2.78. The van der Waals surface area contributed by atoms with Crippen molar-refractivity contribution >= 4 is 29.0 Å². The standard InChI is InChI=1S/C12H14Cl2N2/c13-9-4-3-8(7-10(9)14)12(11(15)16)5-1-2-6-12/h3-4,7H,1-2,5-6H2,(H3,15,16). The molecule has 0 amide bonds. The summed E-state index contributed by atoms with van der Waals surface area (Å²) < 4.78 is 0. The van der Waals surface area contributed by atoms with Gasteiger partial charge in [0.1, 0.15) is 5.84 Å². The van der Waals surface area contributed by atoms with E-state index in [4.69, 9.17) is 34.3 Å². The van der Waals surface area contributed by atoms with Crippen molar-refractivity contribution in [3.05, 3.63) is 33.8 Å². The van der Waals surface area contributed by atoms with E-state index in [1.54, 1.807) is 6.07 Å². The van der Waals surface area contributed by atoms with Gasteiger partial charge < -0.3 is 5.73 Å². The van der Waals surface area contributed by atoms with Gasteiger partial charge >= 0.3 is 0 Å². The molecular formula is C12H14Cl2N2. The monoisotopic (exact) mass is 256 g/mol. The number of rotatable bonds is 2. The molecule has 1 fully saturated rings. The third-order valence-electron chi connectivity index (χ3n) is 3.44. The van der Waals surface area contributed by atoms with Crippen LogP contribution in [0.2, 0.25) is 10.0 Å². The summed E-state index contributed by atoms with van der Waals surface area (Å²) in [6.07, 6.45) is 4.08. The molecule has 1 aliphatic rings. The van der Waals surface area contributed by atoms with E-state index in [9.17, 15) is 0 Å². The molecule has 1 aromatic carbocycles. The molecule has 0 spiro atoms. The molecule has 0 aliphatic heterocycles. The minimum atomic E-state index is -0.311. The van der Waals surface area contributed by atoms with Gasteiger partial charge in [-0.25, -0.2) is 0 Å². The van der Waals surface area contributed by atoms with Crippen LogP contribution >= 0.6 is 23.2 Å². The van der Waals surface area contributed by atoms with Gasteiger partial charge in [-0.1, -0.05) is 42.1 Å². The summed E-state index contributed by atoms with van der Waals surface area (Å²) in [6.45, 7) is 0. The number of hydrogen-bond donors (Lipinski definition) is 2. The van der Waals surface area contributed by atoms with Gasteiger partial charge in [-0.3, -0.25) is 5.41 Å². The highest BCUT2D eigenvalue weighted by Crippen LogP contribution is 2.42. The van der Waals surface area contributed by atoms with E-state index < -0.39 is 0 Å². The molecule has 1 aliphatic carbocycles. The average molecular weight is 257 g/mol. The first kappa shape index (κ1) is 11.7. The zero-order chi connectivity index (χ0) is 11.8. The van der Waals surface area contributed by atoms with E-state index >= 15 is 0 Å². The molecule has 0 aromatic heterocycles. The maximum atomic E-state index is 7.80. The Morgan fingerprint density at radius 2 is 1.81 bits per heavy atom. The SMILES string of the molecule is N=C(N)C1(c2ccc(Cl)c(Cl)c2)CCCC1. The van der Waals surface area contributed by atoms with Gasteiger partial charge in [-0.05, 0) is 30.5 Å². The molecule has 0 atom stereocenters. The van der Waals surface area contributed by atoms with Crippen LogP contribution in [0, 0.1) is 5.41 Å². The van der Waals surface area contributed by atoms with Gasteiger partial charge in [0, 0.05) is 0 Å². The summed E-state index contributed by atoms with van der Waals surface area (Å²) in [4.78, 5) is 0. The predicted octanol–water partition coefficient (Wildman–Crippen LogP) is 3.74. The lowest BCUT2D eigenvalue weighted by Crippen LogP contribution is -2.38. The van der Waals surface area contributed by atoms with Gasteiger partial charge in [-0.2, -0.15) is 0 Å². The van der Waals surface area contributed by atoms with Crippen LogP contribution in [0.15, 0.2) is 18.2 Å². The van der Waals surface area contributed by atoms with Crippen LogP contribution in [0.5, 0.6) is 0 Å². The Morgan fingerprint density at radius 3 is 2.31 bits per heavy atom. The molecule has 1 saturated carbocycles. The molecule has 2 rings (SSSR count). The largest absolute Gasteiger partial charge is 0.387 e. The Bertz CT molecular complexity index is 423. The van der Waals surface area contributed by atoms with Gasteiger partial charge in [0.05, 0.1) is 15.5 Å². The van der Waals surface area contributed by atoms with Crippen molar-refractivity contribution in [2.45, 2.75) is 31.1 Å². The molecule has 2 nitrogen and oxygen atoms in total. The van der Waals surface area contributed by atoms with Crippen molar-refractivity contribution in [3.63, 3.8) is 0 Å². The van der Waals surface area contributed by atoms with E-state index in [1.807, 2.05) is 12.1 Å². The van der Waals surface area contributed by atoms with Crippen LogP contribution in [-0.2, 0) is 5.41 Å². The summed E-state index contributed by atoms with van der Waals surface area (Å²) in [5, 5.41) is 8.88. The fourth-order valence-electron chi connectivity index (χ4n) is 2.49.